The maximum absolute atomic E-state index is 12.9. The van der Waals surface area contributed by atoms with Crippen LogP contribution in [0.5, 0.6) is 0 Å². The number of ether oxygens (including phenoxy) is 1. The molecule has 2 heterocycles. The van der Waals surface area contributed by atoms with E-state index in [2.05, 4.69) is 37.9 Å². The molecular formula is C16H24F3N7O. The zero-order chi connectivity index (χ0) is 19.7. The second kappa shape index (κ2) is 10.1. The average Bonchev–Trinajstić information content (AvgIpc) is 3.07. The molecular weight excluding hydrogens is 363 g/mol. The fourth-order valence-electron chi connectivity index (χ4n) is 2.23. The third-order valence-corrected chi connectivity index (χ3v) is 3.51. The molecule has 11 heteroatoms. The monoisotopic (exact) mass is 387 g/mol. The summed E-state index contributed by atoms with van der Waals surface area (Å²) in [5.41, 5.74) is -0.330. The molecule has 0 fully saturated rings. The molecule has 0 saturated heterocycles. The van der Waals surface area contributed by atoms with Crippen molar-refractivity contribution in [2.45, 2.75) is 26.1 Å². The van der Waals surface area contributed by atoms with Gasteiger partial charge in [-0.25, -0.2) is 4.98 Å². The van der Waals surface area contributed by atoms with Gasteiger partial charge in [-0.2, -0.15) is 23.3 Å². The SMILES string of the molecule is CCCOCCNCCn1cc(Nc2ncc(C(F)(F)F)c(NC)n2)cn1. The summed E-state index contributed by atoms with van der Waals surface area (Å²) in [5.74, 6) is -0.236. The summed E-state index contributed by atoms with van der Waals surface area (Å²) in [5, 5.41) is 12.7. The van der Waals surface area contributed by atoms with E-state index in [1.165, 1.54) is 7.05 Å². The summed E-state index contributed by atoms with van der Waals surface area (Å²) in [7, 11) is 1.37. The van der Waals surface area contributed by atoms with Crippen molar-refractivity contribution < 1.29 is 17.9 Å². The molecule has 0 unspecified atom stereocenters. The smallest absolute Gasteiger partial charge is 0.380 e. The van der Waals surface area contributed by atoms with Gasteiger partial charge in [-0.15, -0.1) is 0 Å². The number of anilines is 3. The van der Waals surface area contributed by atoms with Crippen molar-refractivity contribution in [1.29, 1.82) is 0 Å². The van der Waals surface area contributed by atoms with Crippen LogP contribution in [0.1, 0.15) is 18.9 Å². The van der Waals surface area contributed by atoms with E-state index in [9.17, 15) is 13.2 Å². The van der Waals surface area contributed by atoms with Crippen LogP contribution in [0, 0.1) is 0 Å². The molecule has 3 N–H and O–H groups in total. The first kappa shape index (κ1) is 20.9. The molecule has 27 heavy (non-hydrogen) atoms. The Balaban J connectivity index is 1.85. The Bertz CT molecular complexity index is 706. The van der Waals surface area contributed by atoms with Gasteiger partial charge >= 0.3 is 6.18 Å². The minimum absolute atomic E-state index is 0.0538. The predicted molar refractivity (Wildman–Crippen MR) is 96.1 cm³/mol. The maximum atomic E-state index is 12.9. The minimum Gasteiger partial charge on any atom is -0.380 e. The first-order valence-electron chi connectivity index (χ1n) is 8.64. The Morgan fingerprint density at radius 1 is 1.19 bits per heavy atom. The van der Waals surface area contributed by atoms with Crippen LogP contribution >= 0.6 is 0 Å². The molecule has 2 aromatic heterocycles. The number of halogens is 3. The van der Waals surface area contributed by atoms with E-state index in [0.29, 0.717) is 18.8 Å². The molecule has 8 nitrogen and oxygen atoms in total. The van der Waals surface area contributed by atoms with E-state index in [1.54, 1.807) is 17.1 Å². The Hall–Kier alpha value is -2.40. The standard InChI is InChI=1S/C16H24F3N7O/c1-3-7-27-8-5-21-4-6-26-11-12(9-23-26)24-15-22-10-13(16(17,18)19)14(20-2)25-15/h9-11,21H,3-8H2,1-2H3,(H2,20,22,24,25). The lowest BCUT2D eigenvalue weighted by Gasteiger charge is -2.12. The van der Waals surface area contributed by atoms with Gasteiger partial charge in [0.2, 0.25) is 5.95 Å². The third-order valence-electron chi connectivity index (χ3n) is 3.51. The molecule has 0 spiro atoms. The number of alkyl halides is 3. The van der Waals surface area contributed by atoms with Gasteiger partial charge < -0.3 is 20.7 Å². The topological polar surface area (TPSA) is 88.9 Å². The normalized spacial score (nSPS) is 11.6. The van der Waals surface area contributed by atoms with Crippen molar-refractivity contribution in [2.75, 3.05) is 44.0 Å². The molecule has 2 aromatic rings. The number of aromatic nitrogens is 4. The van der Waals surface area contributed by atoms with E-state index in [4.69, 9.17) is 4.74 Å². The second-order valence-corrected chi connectivity index (χ2v) is 5.68. The van der Waals surface area contributed by atoms with E-state index in [-0.39, 0.29) is 11.8 Å². The fraction of sp³-hybridized carbons (Fsp3) is 0.562. The van der Waals surface area contributed by atoms with Crippen molar-refractivity contribution in [2.24, 2.45) is 0 Å². The Labute approximate surface area is 155 Å². The Morgan fingerprint density at radius 2 is 2.00 bits per heavy atom. The molecule has 0 atom stereocenters. The van der Waals surface area contributed by atoms with Gasteiger partial charge in [0.1, 0.15) is 11.4 Å². The lowest BCUT2D eigenvalue weighted by Crippen LogP contribution is -2.24. The first-order chi connectivity index (χ1) is 12.9. The Kier molecular flexibility index (Phi) is 7.80. The molecule has 0 aliphatic heterocycles. The highest BCUT2D eigenvalue weighted by Crippen LogP contribution is 2.33. The number of hydrogen-bond acceptors (Lipinski definition) is 7. The molecule has 0 aliphatic rings. The summed E-state index contributed by atoms with van der Waals surface area (Å²) in [6, 6.07) is 0. The van der Waals surface area contributed by atoms with Crippen molar-refractivity contribution in [3.05, 3.63) is 24.2 Å². The average molecular weight is 387 g/mol. The summed E-state index contributed by atoms with van der Waals surface area (Å²) < 4.78 is 45.7. The van der Waals surface area contributed by atoms with Crippen molar-refractivity contribution in [1.82, 2.24) is 25.1 Å². The number of rotatable bonds is 11. The van der Waals surface area contributed by atoms with Crippen LogP contribution in [0.2, 0.25) is 0 Å². The largest absolute Gasteiger partial charge is 0.421 e. The van der Waals surface area contributed by atoms with E-state index >= 15 is 0 Å². The van der Waals surface area contributed by atoms with Gasteiger partial charge in [-0.1, -0.05) is 6.92 Å². The van der Waals surface area contributed by atoms with Crippen LogP contribution in [0.25, 0.3) is 0 Å². The fourth-order valence-corrected chi connectivity index (χ4v) is 2.23. The van der Waals surface area contributed by atoms with E-state index in [1.807, 2.05) is 0 Å². The maximum Gasteiger partial charge on any atom is 0.421 e. The predicted octanol–water partition coefficient (Wildman–Crippen LogP) is 2.49. The highest BCUT2D eigenvalue weighted by Gasteiger charge is 2.35. The van der Waals surface area contributed by atoms with Crippen molar-refractivity contribution in [3.8, 4) is 0 Å². The molecule has 0 aliphatic carbocycles. The van der Waals surface area contributed by atoms with Gasteiger partial charge in [0.05, 0.1) is 25.0 Å². The molecule has 0 amide bonds. The van der Waals surface area contributed by atoms with Crippen LogP contribution in [0.4, 0.5) is 30.6 Å². The van der Waals surface area contributed by atoms with Crippen molar-refractivity contribution in [3.63, 3.8) is 0 Å². The summed E-state index contributed by atoms with van der Waals surface area (Å²) in [4.78, 5) is 7.58. The summed E-state index contributed by atoms with van der Waals surface area (Å²) in [6.45, 7) is 5.61. The van der Waals surface area contributed by atoms with Crippen LogP contribution in [0.15, 0.2) is 18.6 Å². The lowest BCUT2D eigenvalue weighted by molar-refractivity contribution is -0.137. The van der Waals surface area contributed by atoms with Gasteiger partial charge in [-0.3, -0.25) is 4.68 Å². The van der Waals surface area contributed by atoms with Crippen LogP contribution in [0.3, 0.4) is 0 Å². The van der Waals surface area contributed by atoms with Gasteiger partial charge in [0.25, 0.3) is 0 Å². The molecule has 0 bridgehead atoms. The first-order valence-corrected chi connectivity index (χ1v) is 8.64. The second-order valence-electron chi connectivity index (χ2n) is 5.68. The van der Waals surface area contributed by atoms with E-state index in [0.717, 1.165) is 32.3 Å². The van der Waals surface area contributed by atoms with Gasteiger partial charge in [-0.05, 0) is 6.42 Å². The van der Waals surface area contributed by atoms with Crippen LogP contribution in [-0.4, -0.2) is 53.1 Å². The summed E-state index contributed by atoms with van der Waals surface area (Å²) in [6.07, 6.45) is 0.522. The number of nitrogens with zero attached hydrogens (tertiary/aromatic N) is 4. The highest BCUT2D eigenvalue weighted by molar-refractivity contribution is 5.55. The Morgan fingerprint density at radius 3 is 2.70 bits per heavy atom. The zero-order valence-corrected chi connectivity index (χ0v) is 15.3. The van der Waals surface area contributed by atoms with Gasteiger partial charge in [0, 0.05) is 39.1 Å². The molecule has 0 radical (unpaired) electrons. The number of hydrogen-bond donors (Lipinski definition) is 3. The summed E-state index contributed by atoms with van der Waals surface area (Å²) >= 11 is 0. The van der Waals surface area contributed by atoms with Gasteiger partial charge in [0.15, 0.2) is 0 Å². The van der Waals surface area contributed by atoms with E-state index < -0.39 is 11.7 Å². The highest BCUT2D eigenvalue weighted by atomic mass is 19.4. The molecule has 150 valence electrons. The van der Waals surface area contributed by atoms with Crippen LogP contribution in [-0.2, 0) is 17.5 Å². The molecule has 0 aromatic carbocycles. The van der Waals surface area contributed by atoms with Crippen LogP contribution < -0.4 is 16.0 Å². The zero-order valence-electron chi connectivity index (χ0n) is 15.3. The molecule has 0 saturated carbocycles. The quantitative estimate of drug-likeness (QED) is 0.511. The van der Waals surface area contributed by atoms with Crippen molar-refractivity contribution >= 4 is 17.5 Å². The number of nitrogens with one attached hydrogen (secondary N) is 3. The molecule has 2 rings (SSSR count). The minimum atomic E-state index is -4.52. The third kappa shape index (κ3) is 6.68. The lowest BCUT2D eigenvalue weighted by atomic mass is 10.3.